The summed E-state index contributed by atoms with van der Waals surface area (Å²) in [5.74, 6) is -0.612. The Kier molecular flexibility index (Phi) is 6.71. The van der Waals surface area contributed by atoms with E-state index in [9.17, 15) is 19.7 Å². The van der Waals surface area contributed by atoms with Gasteiger partial charge in [0.15, 0.2) is 15.8 Å². The van der Waals surface area contributed by atoms with Crippen molar-refractivity contribution in [2.75, 3.05) is 12.0 Å². The van der Waals surface area contributed by atoms with Gasteiger partial charge in [-0.2, -0.15) is 0 Å². The Balaban J connectivity index is 1.56. The highest BCUT2D eigenvalue weighted by atomic mass is 32.2. The quantitative estimate of drug-likeness (QED) is 0.115. The molecule has 0 bridgehead atoms. The van der Waals surface area contributed by atoms with Crippen LogP contribution in [0.5, 0.6) is 11.5 Å². The topological polar surface area (TPSA) is 99.0 Å². The second-order valence-electron chi connectivity index (χ2n) is 6.96. The minimum atomic E-state index is -0.765. The number of hydrogen-bond acceptors (Lipinski definition) is 8. The number of methoxy groups -OCH3 is 1. The highest BCUT2D eigenvalue weighted by Crippen LogP contribution is 2.37. The first-order valence-corrected chi connectivity index (χ1v) is 11.1. The van der Waals surface area contributed by atoms with E-state index in [-0.39, 0.29) is 28.7 Å². The number of amides is 1. The van der Waals surface area contributed by atoms with Crippen molar-refractivity contribution in [3.8, 4) is 11.5 Å². The van der Waals surface area contributed by atoms with Crippen LogP contribution in [0.15, 0.2) is 77.7 Å². The van der Waals surface area contributed by atoms with E-state index in [1.807, 2.05) is 18.2 Å². The molecule has 0 aromatic heterocycles. The minimum absolute atomic E-state index is 0.0323. The SMILES string of the molecule is COc1cc(/C=C2\SC(=S)N(c3ccccc3)C2=O)ccc1OC(=O)c1cccc([N+](=O)[O-])c1. The summed E-state index contributed by atoms with van der Waals surface area (Å²) in [6, 6.07) is 19.2. The Morgan fingerprint density at radius 2 is 1.82 bits per heavy atom. The molecule has 0 saturated carbocycles. The van der Waals surface area contributed by atoms with Gasteiger partial charge < -0.3 is 9.47 Å². The molecule has 1 saturated heterocycles. The number of non-ortho nitro benzene ring substituents is 1. The number of benzene rings is 3. The largest absolute Gasteiger partial charge is 0.493 e. The molecule has 3 aromatic carbocycles. The third-order valence-corrected chi connectivity index (χ3v) is 6.09. The van der Waals surface area contributed by atoms with Crippen LogP contribution in [0.4, 0.5) is 11.4 Å². The van der Waals surface area contributed by atoms with Crippen molar-refractivity contribution < 1.29 is 24.0 Å². The minimum Gasteiger partial charge on any atom is -0.493 e. The molecule has 1 fully saturated rings. The summed E-state index contributed by atoms with van der Waals surface area (Å²) in [4.78, 5) is 37.7. The van der Waals surface area contributed by atoms with E-state index in [1.54, 1.807) is 30.3 Å². The Labute approximate surface area is 203 Å². The summed E-state index contributed by atoms with van der Waals surface area (Å²) in [5, 5.41) is 10.9. The number of nitrogens with zero attached hydrogens (tertiary/aromatic N) is 2. The van der Waals surface area contributed by atoms with Gasteiger partial charge in [0.1, 0.15) is 0 Å². The number of thioether (sulfide) groups is 1. The molecule has 0 spiro atoms. The molecule has 1 aliphatic heterocycles. The number of thiocarbonyl (C=S) groups is 1. The molecule has 4 rings (SSSR count). The van der Waals surface area contributed by atoms with Crippen LogP contribution in [-0.2, 0) is 4.79 Å². The van der Waals surface area contributed by atoms with Gasteiger partial charge in [-0.3, -0.25) is 19.8 Å². The van der Waals surface area contributed by atoms with Gasteiger partial charge in [-0.05, 0) is 42.0 Å². The Morgan fingerprint density at radius 1 is 1.06 bits per heavy atom. The summed E-state index contributed by atoms with van der Waals surface area (Å²) >= 11 is 6.57. The number of carbonyl (C=O) groups excluding carboxylic acids is 2. The summed E-state index contributed by atoms with van der Waals surface area (Å²) in [6.45, 7) is 0. The predicted octanol–water partition coefficient (Wildman–Crippen LogP) is 5.23. The van der Waals surface area contributed by atoms with Gasteiger partial charge in [-0.1, -0.05) is 54.3 Å². The van der Waals surface area contributed by atoms with E-state index in [4.69, 9.17) is 21.7 Å². The fraction of sp³-hybridized carbons (Fsp3) is 0.0417. The van der Waals surface area contributed by atoms with Crippen LogP contribution in [0.1, 0.15) is 15.9 Å². The average molecular weight is 493 g/mol. The third-order valence-electron chi connectivity index (χ3n) is 4.79. The lowest BCUT2D eigenvalue weighted by atomic mass is 10.1. The molecule has 1 amide bonds. The lowest BCUT2D eigenvalue weighted by molar-refractivity contribution is -0.384. The van der Waals surface area contributed by atoms with E-state index in [2.05, 4.69) is 0 Å². The van der Waals surface area contributed by atoms with Crippen molar-refractivity contribution in [1.29, 1.82) is 0 Å². The van der Waals surface area contributed by atoms with Crippen molar-refractivity contribution in [2.24, 2.45) is 0 Å². The zero-order valence-corrected chi connectivity index (χ0v) is 19.3. The highest BCUT2D eigenvalue weighted by Gasteiger charge is 2.33. The molecule has 10 heteroatoms. The summed E-state index contributed by atoms with van der Waals surface area (Å²) in [6.07, 6.45) is 1.68. The molecule has 170 valence electrons. The number of nitro groups is 1. The van der Waals surface area contributed by atoms with E-state index in [1.165, 1.54) is 48.0 Å². The smallest absolute Gasteiger partial charge is 0.343 e. The van der Waals surface area contributed by atoms with Gasteiger partial charge in [0.25, 0.3) is 11.6 Å². The van der Waals surface area contributed by atoms with Crippen LogP contribution in [0.3, 0.4) is 0 Å². The maximum absolute atomic E-state index is 12.9. The van der Waals surface area contributed by atoms with Gasteiger partial charge >= 0.3 is 5.97 Å². The van der Waals surface area contributed by atoms with Gasteiger partial charge in [0.2, 0.25) is 0 Å². The molecule has 0 radical (unpaired) electrons. The van der Waals surface area contributed by atoms with E-state index in [0.717, 1.165) is 6.07 Å². The predicted molar refractivity (Wildman–Crippen MR) is 133 cm³/mol. The molecule has 0 aliphatic carbocycles. The van der Waals surface area contributed by atoms with E-state index in [0.29, 0.717) is 20.5 Å². The van der Waals surface area contributed by atoms with Gasteiger partial charge in [-0.15, -0.1) is 0 Å². The number of hydrogen-bond donors (Lipinski definition) is 0. The zero-order chi connectivity index (χ0) is 24.2. The van der Waals surface area contributed by atoms with Crippen molar-refractivity contribution >= 4 is 57.6 Å². The first kappa shape index (κ1) is 23.1. The molecule has 0 unspecified atom stereocenters. The first-order valence-electron chi connectivity index (χ1n) is 9.85. The van der Waals surface area contributed by atoms with Crippen LogP contribution in [-0.4, -0.2) is 28.2 Å². The fourth-order valence-corrected chi connectivity index (χ4v) is 4.48. The lowest BCUT2D eigenvalue weighted by Gasteiger charge is -2.13. The van der Waals surface area contributed by atoms with Gasteiger partial charge in [-0.25, -0.2) is 4.79 Å². The Bertz CT molecular complexity index is 1340. The number of carbonyl (C=O) groups is 2. The number of esters is 1. The van der Waals surface area contributed by atoms with Gasteiger partial charge in [0.05, 0.1) is 28.2 Å². The number of ether oxygens (including phenoxy) is 2. The number of para-hydroxylation sites is 1. The van der Waals surface area contributed by atoms with Crippen molar-refractivity contribution in [2.45, 2.75) is 0 Å². The Morgan fingerprint density at radius 3 is 2.53 bits per heavy atom. The third kappa shape index (κ3) is 4.82. The summed E-state index contributed by atoms with van der Waals surface area (Å²) in [7, 11) is 1.42. The average Bonchev–Trinajstić information content (AvgIpc) is 3.12. The maximum atomic E-state index is 12.9. The van der Waals surface area contributed by atoms with Crippen LogP contribution in [0.2, 0.25) is 0 Å². The second kappa shape index (κ2) is 9.86. The molecule has 0 N–H and O–H groups in total. The molecular formula is C24H16N2O6S2. The number of nitro benzene ring substituents is 1. The molecule has 1 aliphatic rings. The Hall–Kier alpha value is -4.02. The van der Waals surface area contributed by atoms with E-state index >= 15 is 0 Å². The standard InChI is InChI=1S/C24H16N2O6S2/c1-31-20-12-15(13-21-22(27)25(24(33)34-21)17-7-3-2-4-8-17)10-11-19(20)32-23(28)16-6-5-9-18(14-16)26(29)30/h2-14H,1H3/b21-13-. The number of anilines is 1. The highest BCUT2D eigenvalue weighted by molar-refractivity contribution is 8.27. The summed E-state index contributed by atoms with van der Waals surface area (Å²) in [5.41, 5.74) is 1.14. The maximum Gasteiger partial charge on any atom is 0.343 e. The molecular weight excluding hydrogens is 476 g/mol. The van der Waals surface area contributed by atoms with E-state index < -0.39 is 10.9 Å². The first-order chi connectivity index (χ1) is 16.4. The molecule has 0 atom stereocenters. The monoisotopic (exact) mass is 492 g/mol. The lowest BCUT2D eigenvalue weighted by Crippen LogP contribution is -2.27. The fourth-order valence-electron chi connectivity index (χ4n) is 3.18. The van der Waals surface area contributed by atoms with Gasteiger partial charge in [0, 0.05) is 12.1 Å². The zero-order valence-electron chi connectivity index (χ0n) is 17.7. The van der Waals surface area contributed by atoms with Crippen LogP contribution < -0.4 is 14.4 Å². The van der Waals surface area contributed by atoms with Crippen molar-refractivity contribution in [3.05, 3.63) is 98.9 Å². The van der Waals surface area contributed by atoms with Crippen LogP contribution in [0.25, 0.3) is 6.08 Å². The molecule has 3 aromatic rings. The number of rotatable bonds is 6. The van der Waals surface area contributed by atoms with Crippen molar-refractivity contribution in [3.63, 3.8) is 0 Å². The summed E-state index contributed by atoms with van der Waals surface area (Å²) < 4.78 is 11.2. The van der Waals surface area contributed by atoms with Crippen LogP contribution in [0, 0.1) is 10.1 Å². The second-order valence-corrected chi connectivity index (χ2v) is 8.64. The molecule has 34 heavy (non-hydrogen) atoms. The molecule has 1 heterocycles. The molecule has 8 nitrogen and oxygen atoms in total. The van der Waals surface area contributed by atoms with Crippen LogP contribution >= 0.6 is 24.0 Å². The van der Waals surface area contributed by atoms with Crippen molar-refractivity contribution in [1.82, 2.24) is 0 Å². The normalized spacial score (nSPS) is 14.4.